The van der Waals surface area contributed by atoms with Crippen molar-refractivity contribution in [2.45, 2.75) is 27.7 Å². The molecular formula is C20H22N2O4. The molecule has 2 aromatic carbocycles. The van der Waals surface area contributed by atoms with Gasteiger partial charge in [0.2, 0.25) is 5.91 Å². The Morgan fingerprint density at radius 1 is 0.962 bits per heavy atom. The number of esters is 1. The van der Waals surface area contributed by atoms with Crippen LogP contribution in [0.4, 0.5) is 11.4 Å². The summed E-state index contributed by atoms with van der Waals surface area (Å²) >= 11 is 0. The monoisotopic (exact) mass is 354 g/mol. The summed E-state index contributed by atoms with van der Waals surface area (Å²) < 4.78 is 5.10. The van der Waals surface area contributed by atoms with Crippen LogP contribution < -0.4 is 10.6 Å². The van der Waals surface area contributed by atoms with E-state index >= 15 is 0 Å². The van der Waals surface area contributed by atoms with Crippen molar-refractivity contribution >= 4 is 29.2 Å². The lowest BCUT2D eigenvalue weighted by Crippen LogP contribution is -2.22. The van der Waals surface area contributed by atoms with Crippen LogP contribution in [0.3, 0.4) is 0 Å². The minimum absolute atomic E-state index is 0.208. The lowest BCUT2D eigenvalue weighted by molar-refractivity contribution is -0.119. The molecule has 0 fully saturated rings. The number of amides is 2. The van der Waals surface area contributed by atoms with Crippen molar-refractivity contribution in [2.24, 2.45) is 0 Å². The second-order valence-electron chi connectivity index (χ2n) is 6.12. The predicted octanol–water partition coefficient (Wildman–Crippen LogP) is 3.37. The summed E-state index contributed by atoms with van der Waals surface area (Å²) in [5.74, 6) is -1.40. The molecule has 2 rings (SSSR count). The van der Waals surface area contributed by atoms with Crippen LogP contribution in [0.15, 0.2) is 36.4 Å². The summed E-state index contributed by atoms with van der Waals surface area (Å²) in [5, 5.41) is 5.34. The van der Waals surface area contributed by atoms with Crippen molar-refractivity contribution < 1.29 is 19.1 Å². The first-order valence-corrected chi connectivity index (χ1v) is 8.19. The maximum Gasteiger partial charge on any atom is 0.340 e. The Hall–Kier alpha value is -3.15. The minimum Gasteiger partial charge on any atom is -0.452 e. The van der Waals surface area contributed by atoms with E-state index in [0.717, 1.165) is 16.7 Å². The molecule has 26 heavy (non-hydrogen) atoms. The zero-order valence-electron chi connectivity index (χ0n) is 15.3. The van der Waals surface area contributed by atoms with Gasteiger partial charge in [0, 0.05) is 12.6 Å². The first-order chi connectivity index (χ1) is 12.3. The van der Waals surface area contributed by atoms with Crippen molar-refractivity contribution in [3.63, 3.8) is 0 Å². The van der Waals surface area contributed by atoms with Gasteiger partial charge in [-0.05, 0) is 44.0 Å². The summed E-state index contributed by atoms with van der Waals surface area (Å²) in [6.45, 7) is 6.57. The first kappa shape index (κ1) is 19.2. The molecule has 136 valence electrons. The van der Waals surface area contributed by atoms with Crippen molar-refractivity contribution in [3.8, 4) is 0 Å². The highest BCUT2D eigenvalue weighted by Crippen LogP contribution is 2.21. The number of carbonyl (C=O) groups is 3. The molecule has 0 bridgehead atoms. The van der Waals surface area contributed by atoms with Crippen LogP contribution in [0.5, 0.6) is 0 Å². The van der Waals surface area contributed by atoms with E-state index in [4.69, 9.17) is 4.74 Å². The average Bonchev–Trinajstić information content (AvgIpc) is 2.56. The molecule has 6 nitrogen and oxygen atoms in total. The van der Waals surface area contributed by atoms with Gasteiger partial charge < -0.3 is 15.4 Å². The normalized spacial score (nSPS) is 10.2. The molecule has 0 atom stereocenters. The molecule has 0 saturated heterocycles. The van der Waals surface area contributed by atoms with Gasteiger partial charge in [-0.1, -0.05) is 29.8 Å². The van der Waals surface area contributed by atoms with Gasteiger partial charge in [0.25, 0.3) is 5.91 Å². The van der Waals surface area contributed by atoms with Crippen LogP contribution in [0, 0.1) is 20.8 Å². The highest BCUT2D eigenvalue weighted by Gasteiger charge is 2.17. The Bertz CT molecular complexity index is 859. The van der Waals surface area contributed by atoms with Crippen molar-refractivity contribution in [1.29, 1.82) is 0 Å². The average molecular weight is 354 g/mol. The molecule has 6 heteroatoms. The molecule has 0 aromatic heterocycles. The van der Waals surface area contributed by atoms with Crippen LogP contribution in [0.2, 0.25) is 0 Å². The van der Waals surface area contributed by atoms with E-state index in [9.17, 15) is 14.4 Å². The van der Waals surface area contributed by atoms with Gasteiger partial charge >= 0.3 is 5.97 Å². The van der Waals surface area contributed by atoms with E-state index in [-0.39, 0.29) is 11.5 Å². The first-order valence-electron chi connectivity index (χ1n) is 8.19. The number of nitrogens with one attached hydrogen (secondary N) is 2. The van der Waals surface area contributed by atoms with E-state index in [2.05, 4.69) is 10.6 Å². The molecule has 0 aliphatic heterocycles. The molecule has 0 spiro atoms. The molecular weight excluding hydrogens is 332 g/mol. The largest absolute Gasteiger partial charge is 0.452 e. The smallest absolute Gasteiger partial charge is 0.340 e. The summed E-state index contributed by atoms with van der Waals surface area (Å²) in [7, 11) is 0. The van der Waals surface area contributed by atoms with Crippen LogP contribution in [0.1, 0.15) is 34.0 Å². The Morgan fingerprint density at radius 2 is 1.69 bits per heavy atom. The summed E-state index contributed by atoms with van der Waals surface area (Å²) in [4.78, 5) is 35.7. The van der Waals surface area contributed by atoms with Gasteiger partial charge in [-0.3, -0.25) is 9.59 Å². The number of ether oxygens (including phenoxy) is 1. The van der Waals surface area contributed by atoms with Crippen molar-refractivity contribution in [2.75, 3.05) is 17.2 Å². The van der Waals surface area contributed by atoms with Crippen molar-refractivity contribution in [1.82, 2.24) is 0 Å². The Balaban J connectivity index is 2.03. The fourth-order valence-corrected chi connectivity index (χ4v) is 2.53. The van der Waals surface area contributed by atoms with Crippen LogP contribution >= 0.6 is 0 Å². The van der Waals surface area contributed by atoms with Gasteiger partial charge in [0.1, 0.15) is 0 Å². The van der Waals surface area contributed by atoms with E-state index in [1.165, 1.54) is 6.92 Å². The lowest BCUT2D eigenvalue weighted by atomic mass is 10.1. The molecule has 2 amide bonds. The Labute approximate surface area is 152 Å². The maximum atomic E-state index is 12.3. The van der Waals surface area contributed by atoms with Crippen LogP contribution in [-0.4, -0.2) is 24.4 Å². The Morgan fingerprint density at radius 3 is 2.35 bits per heavy atom. The molecule has 0 saturated carbocycles. The van der Waals surface area contributed by atoms with E-state index in [0.29, 0.717) is 11.4 Å². The standard InChI is InChI=1S/C20H22N2O4/c1-12-8-9-17(14(3)10-12)22-18(24)11-26-20(25)16-7-5-6-13(2)19(16)21-15(4)23/h5-10H,11H2,1-4H3,(H,21,23)(H,22,24). The predicted molar refractivity (Wildman–Crippen MR) is 100 cm³/mol. The van der Waals surface area contributed by atoms with E-state index < -0.39 is 18.5 Å². The third-order valence-electron chi connectivity index (χ3n) is 3.78. The van der Waals surface area contributed by atoms with Crippen LogP contribution in [0.25, 0.3) is 0 Å². The molecule has 0 aliphatic carbocycles. The molecule has 0 unspecified atom stereocenters. The fourth-order valence-electron chi connectivity index (χ4n) is 2.53. The summed E-state index contributed by atoms with van der Waals surface area (Å²) in [6, 6.07) is 10.7. The van der Waals surface area contributed by atoms with Gasteiger partial charge in [0.05, 0.1) is 11.3 Å². The topological polar surface area (TPSA) is 84.5 Å². The molecule has 0 radical (unpaired) electrons. The second-order valence-corrected chi connectivity index (χ2v) is 6.12. The fraction of sp³-hybridized carbons (Fsp3) is 0.250. The lowest BCUT2D eigenvalue weighted by Gasteiger charge is -2.13. The number of benzene rings is 2. The Kier molecular flexibility index (Phi) is 6.11. The maximum absolute atomic E-state index is 12.3. The summed E-state index contributed by atoms with van der Waals surface area (Å²) in [6.07, 6.45) is 0. The van der Waals surface area contributed by atoms with Crippen molar-refractivity contribution in [3.05, 3.63) is 58.7 Å². The van der Waals surface area contributed by atoms with E-state index in [1.807, 2.05) is 26.0 Å². The number of hydrogen-bond donors (Lipinski definition) is 2. The third kappa shape index (κ3) is 4.92. The van der Waals surface area contributed by atoms with Gasteiger partial charge in [-0.2, -0.15) is 0 Å². The highest BCUT2D eigenvalue weighted by molar-refractivity contribution is 6.02. The number of hydrogen-bond acceptors (Lipinski definition) is 4. The van der Waals surface area contributed by atoms with Gasteiger partial charge in [-0.15, -0.1) is 0 Å². The quantitative estimate of drug-likeness (QED) is 0.806. The zero-order valence-corrected chi connectivity index (χ0v) is 15.3. The number of aryl methyl sites for hydroxylation is 3. The molecule has 2 aromatic rings. The number of para-hydroxylation sites is 1. The van der Waals surface area contributed by atoms with Gasteiger partial charge in [-0.25, -0.2) is 4.79 Å². The minimum atomic E-state index is -0.673. The third-order valence-corrected chi connectivity index (χ3v) is 3.78. The molecule has 0 heterocycles. The highest BCUT2D eigenvalue weighted by atomic mass is 16.5. The molecule has 0 aliphatic rings. The summed E-state index contributed by atoms with van der Waals surface area (Å²) in [5.41, 5.74) is 4.02. The number of carbonyl (C=O) groups excluding carboxylic acids is 3. The van der Waals surface area contributed by atoms with Crippen LogP contribution in [-0.2, 0) is 14.3 Å². The SMILES string of the molecule is CC(=O)Nc1c(C)cccc1C(=O)OCC(=O)Nc1ccc(C)cc1C. The number of rotatable bonds is 5. The van der Waals surface area contributed by atoms with E-state index in [1.54, 1.807) is 31.2 Å². The molecule has 2 N–H and O–H groups in total. The van der Waals surface area contributed by atoms with Gasteiger partial charge in [0.15, 0.2) is 6.61 Å². The zero-order chi connectivity index (χ0) is 19.3. The second kappa shape index (κ2) is 8.29. The number of anilines is 2.